The molecule has 1 amide bonds. The first-order valence-corrected chi connectivity index (χ1v) is 6.99. The Kier molecular flexibility index (Phi) is 4.98. The zero-order valence-corrected chi connectivity index (χ0v) is 12.0. The minimum Gasteiger partial charge on any atom is -0.491 e. The van der Waals surface area contributed by atoms with Gasteiger partial charge in [0.25, 0.3) is 5.91 Å². The minimum absolute atomic E-state index is 0.0579. The number of hydrogen-bond donors (Lipinski definition) is 2. The maximum atomic E-state index is 11.4. The predicted molar refractivity (Wildman–Crippen MR) is 76.3 cm³/mol. The fourth-order valence-electron chi connectivity index (χ4n) is 2.39. The highest BCUT2D eigenvalue weighted by Crippen LogP contribution is 2.27. The normalized spacial score (nSPS) is 22.0. The van der Waals surface area contributed by atoms with Crippen LogP contribution in [0.15, 0.2) is 24.3 Å². The zero-order valence-electron chi connectivity index (χ0n) is 12.0. The molecule has 5 heteroatoms. The average molecular weight is 278 g/mol. The van der Waals surface area contributed by atoms with Gasteiger partial charge in [0, 0.05) is 0 Å². The molecule has 0 bridgehead atoms. The van der Waals surface area contributed by atoms with Crippen LogP contribution in [0.2, 0.25) is 0 Å². The molecule has 110 valence electrons. The van der Waals surface area contributed by atoms with Gasteiger partial charge in [0.05, 0.1) is 6.10 Å². The van der Waals surface area contributed by atoms with Gasteiger partial charge in [-0.15, -0.1) is 0 Å². The summed E-state index contributed by atoms with van der Waals surface area (Å²) in [6, 6.07) is 8.01. The Balaban J connectivity index is 1.89. The topological polar surface area (TPSA) is 73.6 Å². The first-order chi connectivity index (χ1) is 9.61. The van der Waals surface area contributed by atoms with E-state index in [1.807, 2.05) is 18.2 Å². The molecule has 2 atom stereocenters. The van der Waals surface area contributed by atoms with Crippen LogP contribution in [0, 0.1) is 0 Å². The van der Waals surface area contributed by atoms with Crippen molar-refractivity contribution < 1.29 is 14.3 Å². The SMILES string of the molecule is CC(C)c1ccccc1OCC1CCC(C(=O)NN)O1. The summed E-state index contributed by atoms with van der Waals surface area (Å²) < 4.78 is 11.5. The van der Waals surface area contributed by atoms with E-state index < -0.39 is 6.10 Å². The number of nitrogens with one attached hydrogen (secondary N) is 1. The standard InChI is InChI=1S/C15H22N2O3/c1-10(2)12-5-3-4-6-13(12)19-9-11-7-8-14(20-11)15(18)17-16/h3-6,10-11,14H,7-9,16H2,1-2H3,(H,17,18). The Morgan fingerprint density at radius 3 is 2.90 bits per heavy atom. The second-order valence-electron chi connectivity index (χ2n) is 5.34. The van der Waals surface area contributed by atoms with Gasteiger partial charge in [-0.25, -0.2) is 5.84 Å². The van der Waals surface area contributed by atoms with Crippen molar-refractivity contribution in [1.82, 2.24) is 5.43 Å². The van der Waals surface area contributed by atoms with E-state index in [1.54, 1.807) is 0 Å². The van der Waals surface area contributed by atoms with E-state index in [0.29, 0.717) is 18.9 Å². The summed E-state index contributed by atoms with van der Waals surface area (Å²) >= 11 is 0. The molecule has 2 rings (SSSR count). The Morgan fingerprint density at radius 2 is 2.20 bits per heavy atom. The van der Waals surface area contributed by atoms with Crippen LogP contribution in [0.3, 0.4) is 0 Å². The van der Waals surface area contributed by atoms with E-state index in [1.165, 1.54) is 5.56 Å². The van der Waals surface area contributed by atoms with E-state index in [4.69, 9.17) is 15.3 Å². The van der Waals surface area contributed by atoms with Crippen molar-refractivity contribution in [3.8, 4) is 5.75 Å². The van der Waals surface area contributed by atoms with E-state index in [-0.39, 0.29) is 12.0 Å². The largest absolute Gasteiger partial charge is 0.491 e. The van der Waals surface area contributed by atoms with Gasteiger partial charge >= 0.3 is 0 Å². The van der Waals surface area contributed by atoms with Gasteiger partial charge in [0.1, 0.15) is 18.5 Å². The maximum absolute atomic E-state index is 11.4. The van der Waals surface area contributed by atoms with Crippen LogP contribution in [0.5, 0.6) is 5.75 Å². The maximum Gasteiger partial charge on any atom is 0.263 e. The van der Waals surface area contributed by atoms with Gasteiger partial charge in [-0.3, -0.25) is 10.2 Å². The number of hydrogen-bond acceptors (Lipinski definition) is 4. The lowest BCUT2D eigenvalue weighted by Gasteiger charge is -2.17. The van der Waals surface area contributed by atoms with Crippen LogP contribution in [0.25, 0.3) is 0 Å². The van der Waals surface area contributed by atoms with E-state index in [0.717, 1.165) is 12.2 Å². The van der Waals surface area contributed by atoms with Crippen molar-refractivity contribution in [3.05, 3.63) is 29.8 Å². The number of ether oxygens (including phenoxy) is 2. The first-order valence-electron chi connectivity index (χ1n) is 6.99. The van der Waals surface area contributed by atoms with Crippen molar-refractivity contribution >= 4 is 5.91 Å². The van der Waals surface area contributed by atoms with Crippen molar-refractivity contribution in [1.29, 1.82) is 0 Å². The van der Waals surface area contributed by atoms with Crippen LogP contribution in [0.4, 0.5) is 0 Å². The lowest BCUT2D eigenvalue weighted by Crippen LogP contribution is -2.39. The van der Waals surface area contributed by atoms with Crippen LogP contribution in [0.1, 0.15) is 38.2 Å². The van der Waals surface area contributed by atoms with Crippen molar-refractivity contribution in [3.63, 3.8) is 0 Å². The third-order valence-corrected chi connectivity index (χ3v) is 3.51. The molecule has 1 aliphatic rings. The van der Waals surface area contributed by atoms with Gasteiger partial charge in [0.2, 0.25) is 0 Å². The highest BCUT2D eigenvalue weighted by Gasteiger charge is 2.30. The molecule has 1 saturated heterocycles. The molecule has 20 heavy (non-hydrogen) atoms. The molecule has 0 radical (unpaired) electrons. The number of nitrogens with two attached hydrogens (primary N) is 1. The van der Waals surface area contributed by atoms with Crippen LogP contribution < -0.4 is 16.0 Å². The van der Waals surface area contributed by atoms with E-state index in [2.05, 4.69) is 25.3 Å². The Bertz CT molecular complexity index is 462. The first kappa shape index (κ1) is 14.8. The quantitative estimate of drug-likeness (QED) is 0.489. The summed E-state index contributed by atoms with van der Waals surface area (Å²) in [5.74, 6) is 6.13. The Morgan fingerprint density at radius 1 is 1.45 bits per heavy atom. The fraction of sp³-hybridized carbons (Fsp3) is 0.533. The summed E-state index contributed by atoms with van der Waals surface area (Å²) in [6.45, 7) is 4.73. The molecule has 0 aromatic heterocycles. The number of carbonyl (C=O) groups is 1. The Hall–Kier alpha value is -1.59. The van der Waals surface area contributed by atoms with Crippen molar-refractivity contribution in [2.24, 2.45) is 5.84 Å². The van der Waals surface area contributed by atoms with E-state index in [9.17, 15) is 4.79 Å². The summed E-state index contributed by atoms with van der Waals surface area (Å²) in [5.41, 5.74) is 3.30. The molecule has 1 fully saturated rings. The number of hydrazine groups is 1. The molecule has 1 aromatic rings. The zero-order chi connectivity index (χ0) is 14.5. The summed E-state index contributed by atoms with van der Waals surface area (Å²) in [5, 5.41) is 0. The molecule has 1 aromatic carbocycles. The highest BCUT2D eigenvalue weighted by molar-refractivity contribution is 5.80. The number of carbonyl (C=O) groups excluding carboxylic acids is 1. The monoisotopic (exact) mass is 278 g/mol. The van der Waals surface area contributed by atoms with Gasteiger partial charge < -0.3 is 9.47 Å². The van der Waals surface area contributed by atoms with E-state index >= 15 is 0 Å². The Labute approximate surface area is 119 Å². The lowest BCUT2D eigenvalue weighted by molar-refractivity contribution is -0.132. The van der Waals surface area contributed by atoms with Crippen LogP contribution >= 0.6 is 0 Å². The molecule has 0 spiro atoms. The average Bonchev–Trinajstić information content (AvgIpc) is 2.93. The van der Waals surface area contributed by atoms with Crippen LogP contribution in [-0.2, 0) is 9.53 Å². The predicted octanol–water partition coefficient (Wildman–Crippen LogP) is 1.73. The van der Waals surface area contributed by atoms with Gasteiger partial charge in [0.15, 0.2) is 0 Å². The molecule has 1 heterocycles. The smallest absolute Gasteiger partial charge is 0.263 e. The van der Waals surface area contributed by atoms with Crippen molar-refractivity contribution in [2.75, 3.05) is 6.61 Å². The van der Waals surface area contributed by atoms with Gasteiger partial charge in [-0.1, -0.05) is 32.0 Å². The molecule has 5 nitrogen and oxygen atoms in total. The van der Waals surface area contributed by atoms with Gasteiger partial charge in [-0.2, -0.15) is 0 Å². The molecular formula is C15H22N2O3. The third-order valence-electron chi connectivity index (χ3n) is 3.51. The summed E-state index contributed by atoms with van der Waals surface area (Å²) in [7, 11) is 0. The number of para-hydroxylation sites is 1. The molecule has 0 saturated carbocycles. The lowest BCUT2D eigenvalue weighted by atomic mass is 10.0. The molecular weight excluding hydrogens is 256 g/mol. The molecule has 1 aliphatic heterocycles. The number of benzene rings is 1. The second-order valence-corrected chi connectivity index (χ2v) is 5.34. The third kappa shape index (κ3) is 3.49. The molecule has 2 unspecified atom stereocenters. The molecule has 3 N–H and O–H groups in total. The van der Waals surface area contributed by atoms with Gasteiger partial charge in [-0.05, 0) is 30.4 Å². The molecule has 0 aliphatic carbocycles. The summed E-state index contributed by atoms with van der Waals surface area (Å²) in [4.78, 5) is 11.4. The van der Waals surface area contributed by atoms with Crippen LogP contribution in [-0.4, -0.2) is 24.7 Å². The minimum atomic E-state index is -0.450. The number of amides is 1. The number of rotatable bonds is 5. The summed E-state index contributed by atoms with van der Waals surface area (Å²) in [6.07, 6.45) is 0.983. The second kappa shape index (κ2) is 6.72. The van der Waals surface area contributed by atoms with Crippen molar-refractivity contribution in [2.45, 2.75) is 44.8 Å². The highest BCUT2D eigenvalue weighted by atomic mass is 16.5. The fourth-order valence-corrected chi connectivity index (χ4v) is 2.39.